The van der Waals surface area contributed by atoms with Gasteiger partial charge in [0.15, 0.2) is 0 Å². The van der Waals surface area contributed by atoms with Crippen molar-refractivity contribution in [1.82, 2.24) is 10.2 Å². The second kappa shape index (κ2) is 7.36. The van der Waals surface area contributed by atoms with Crippen LogP contribution >= 0.6 is 0 Å². The van der Waals surface area contributed by atoms with Crippen LogP contribution in [0.2, 0.25) is 0 Å². The van der Waals surface area contributed by atoms with E-state index in [9.17, 15) is 9.18 Å². The maximum absolute atomic E-state index is 13.0. The predicted molar refractivity (Wildman–Crippen MR) is 78.2 cm³/mol. The predicted octanol–water partition coefficient (Wildman–Crippen LogP) is 1.84. The molecule has 2 rings (SSSR count). The molecule has 1 amide bonds. The number of likely N-dealkylation sites (tertiary alicyclic amines) is 1. The van der Waals surface area contributed by atoms with Crippen LogP contribution in [-0.4, -0.2) is 43.0 Å². The molecule has 1 aromatic carbocycles. The molecule has 2 N–H and O–H groups in total. The van der Waals surface area contributed by atoms with Gasteiger partial charge in [0.05, 0.1) is 6.54 Å². The Labute approximate surface area is 119 Å². The standard InChI is InChI=1S/C15H22FN3O/c1-2-19-8-4-7-14(19)10-17-11-15(20)18-13-6-3-5-12(16)9-13/h3,5-6,9,14,17H,2,4,7-8,10-11H2,1H3,(H,18,20). The van der Waals surface area contributed by atoms with Gasteiger partial charge in [-0.15, -0.1) is 0 Å². The average Bonchev–Trinajstić information content (AvgIpc) is 2.86. The van der Waals surface area contributed by atoms with Crippen LogP contribution < -0.4 is 10.6 Å². The zero-order valence-electron chi connectivity index (χ0n) is 11.9. The smallest absolute Gasteiger partial charge is 0.238 e. The summed E-state index contributed by atoms with van der Waals surface area (Å²) in [4.78, 5) is 14.2. The van der Waals surface area contributed by atoms with Gasteiger partial charge < -0.3 is 10.6 Å². The van der Waals surface area contributed by atoms with E-state index in [-0.39, 0.29) is 18.3 Å². The number of hydrogen-bond acceptors (Lipinski definition) is 3. The van der Waals surface area contributed by atoms with Gasteiger partial charge in [-0.2, -0.15) is 0 Å². The van der Waals surface area contributed by atoms with Gasteiger partial charge in [-0.3, -0.25) is 9.69 Å². The average molecular weight is 279 g/mol. The van der Waals surface area contributed by atoms with Crippen molar-refractivity contribution in [2.24, 2.45) is 0 Å². The molecule has 110 valence electrons. The van der Waals surface area contributed by atoms with Gasteiger partial charge in [0.25, 0.3) is 0 Å². The maximum Gasteiger partial charge on any atom is 0.238 e. The molecule has 0 bridgehead atoms. The zero-order chi connectivity index (χ0) is 14.4. The third kappa shape index (κ3) is 4.28. The van der Waals surface area contributed by atoms with Crippen LogP contribution in [0, 0.1) is 5.82 Å². The minimum absolute atomic E-state index is 0.142. The van der Waals surface area contributed by atoms with Crippen molar-refractivity contribution >= 4 is 11.6 Å². The first-order chi connectivity index (χ1) is 9.69. The molecule has 1 saturated heterocycles. The third-order valence-corrected chi connectivity index (χ3v) is 3.68. The fourth-order valence-corrected chi connectivity index (χ4v) is 2.67. The lowest BCUT2D eigenvalue weighted by molar-refractivity contribution is -0.115. The zero-order valence-corrected chi connectivity index (χ0v) is 11.9. The summed E-state index contributed by atoms with van der Waals surface area (Å²) >= 11 is 0. The van der Waals surface area contributed by atoms with Crippen LogP contribution in [0.15, 0.2) is 24.3 Å². The minimum atomic E-state index is -0.347. The SMILES string of the molecule is CCN1CCCC1CNCC(=O)Nc1cccc(F)c1. The van der Waals surface area contributed by atoms with Gasteiger partial charge in [0.1, 0.15) is 5.82 Å². The molecule has 5 heteroatoms. The molecule has 1 heterocycles. The Morgan fingerprint density at radius 3 is 3.10 bits per heavy atom. The highest BCUT2D eigenvalue weighted by Crippen LogP contribution is 2.15. The molecule has 0 radical (unpaired) electrons. The van der Waals surface area contributed by atoms with E-state index >= 15 is 0 Å². The third-order valence-electron chi connectivity index (χ3n) is 3.68. The Hall–Kier alpha value is -1.46. The number of halogens is 1. The number of carbonyl (C=O) groups is 1. The summed E-state index contributed by atoms with van der Waals surface area (Å²) in [6, 6.07) is 6.45. The molecule has 1 aromatic rings. The Morgan fingerprint density at radius 2 is 2.35 bits per heavy atom. The lowest BCUT2D eigenvalue weighted by Gasteiger charge is -2.22. The number of carbonyl (C=O) groups excluding carboxylic acids is 1. The molecule has 1 fully saturated rings. The largest absolute Gasteiger partial charge is 0.325 e. The molecule has 20 heavy (non-hydrogen) atoms. The Balaban J connectivity index is 1.70. The molecule has 1 atom stereocenters. The van der Waals surface area contributed by atoms with E-state index in [1.165, 1.54) is 25.0 Å². The molecular formula is C15H22FN3O. The highest BCUT2D eigenvalue weighted by Gasteiger charge is 2.22. The van der Waals surface area contributed by atoms with Gasteiger partial charge in [-0.05, 0) is 44.1 Å². The minimum Gasteiger partial charge on any atom is -0.325 e. The summed E-state index contributed by atoms with van der Waals surface area (Å²) in [5.41, 5.74) is 0.493. The van der Waals surface area contributed by atoms with E-state index < -0.39 is 0 Å². The van der Waals surface area contributed by atoms with Crippen LogP contribution in [0.3, 0.4) is 0 Å². The number of anilines is 1. The van der Waals surface area contributed by atoms with Gasteiger partial charge in [0.2, 0.25) is 5.91 Å². The first-order valence-corrected chi connectivity index (χ1v) is 7.19. The van der Waals surface area contributed by atoms with Crippen molar-refractivity contribution in [2.45, 2.75) is 25.8 Å². The van der Waals surface area contributed by atoms with Crippen LogP contribution in [0.25, 0.3) is 0 Å². The number of likely N-dealkylation sites (N-methyl/N-ethyl adjacent to an activating group) is 1. The fourth-order valence-electron chi connectivity index (χ4n) is 2.67. The highest BCUT2D eigenvalue weighted by molar-refractivity contribution is 5.92. The quantitative estimate of drug-likeness (QED) is 0.835. The molecule has 1 aliphatic rings. The number of rotatable bonds is 6. The Bertz CT molecular complexity index is 452. The van der Waals surface area contributed by atoms with Gasteiger partial charge in [-0.1, -0.05) is 13.0 Å². The summed E-state index contributed by atoms with van der Waals surface area (Å²) < 4.78 is 13.0. The molecule has 4 nitrogen and oxygen atoms in total. The first kappa shape index (κ1) is 14.9. The molecule has 1 unspecified atom stereocenters. The summed E-state index contributed by atoms with van der Waals surface area (Å²) in [7, 11) is 0. The summed E-state index contributed by atoms with van der Waals surface area (Å²) in [5, 5.41) is 5.86. The van der Waals surface area contributed by atoms with E-state index in [0.29, 0.717) is 11.7 Å². The van der Waals surface area contributed by atoms with Crippen LogP contribution in [0.4, 0.5) is 10.1 Å². The molecule has 0 saturated carbocycles. The van der Waals surface area contributed by atoms with E-state index in [0.717, 1.165) is 19.6 Å². The van der Waals surface area contributed by atoms with E-state index in [1.807, 2.05) is 0 Å². The molecule has 0 aromatic heterocycles. The van der Waals surface area contributed by atoms with E-state index in [1.54, 1.807) is 12.1 Å². The van der Waals surface area contributed by atoms with Crippen LogP contribution in [0.1, 0.15) is 19.8 Å². The Kier molecular flexibility index (Phi) is 5.49. The lowest BCUT2D eigenvalue weighted by atomic mass is 10.2. The van der Waals surface area contributed by atoms with Crippen molar-refractivity contribution < 1.29 is 9.18 Å². The number of benzene rings is 1. The van der Waals surface area contributed by atoms with Crippen LogP contribution in [0.5, 0.6) is 0 Å². The first-order valence-electron chi connectivity index (χ1n) is 7.19. The van der Waals surface area contributed by atoms with Gasteiger partial charge in [0, 0.05) is 18.3 Å². The summed E-state index contributed by atoms with van der Waals surface area (Å²) in [6.45, 7) is 5.45. The normalized spacial score (nSPS) is 19.2. The van der Waals surface area contributed by atoms with Gasteiger partial charge >= 0.3 is 0 Å². The number of hydrogen-bond donors (Lipinski definition) is 2. The van der Waals surface area contributed by atoms with Gasteiger partial charge in [-0.25, -0.2) is 4.39 Å². The summed E-state index contributed by atoms with van der Waals surface area (Å²) in [5.74, 6) is -0.489. The van der Waals surface area contributed by atoms with Crippen LogP contribution in [-0.2, 0) is 4.79 Å². The molecular weight excluding hydrogens is 257 g/mol. The summed E-state index contributed by atoms with van der Waals surface area (Å²) in [6.07, 6.45) is 2.42. The number of nitrogens with zero attached hydrogens (tertiary/aromatic N) is 1. The monoisotopic (exact) mass is 279 g/mol. The molecule has 1 aliphatic heterocycles. The second-order valence-corrected chi connectivity index (χ2v) is 5.11. The molecule has 0 aliphatic carbocycles. The topological polar surface area (TPSA) is 44.4 Å². The highest BCUT2D eigenvalue weighted by atomic mass is 19.1. The van der Waals surface area contributed by atoms with Crippen molar-refractivity contribution in [3.05, 3.63) is 30.1 Å². The number of nitrogens with one attached hydrogen (secondary N) is 2. The van der Waals surface area contributed by atoms with Crippen molar-refractivity contribution in [3.63, 3.8) is 0 Å². The second-order valence-electron chi connectivity index (χ2n) is 5.11. The van der Waals surface area contributed by atoms with E-state index in [2.05, 4.69) is 22.5 Å². The molecule has 0 spiro atoms. The van der Waals surface area contributed by atoms with Crippen molar-refractivity contribution in [3.8, 4) is 0 Å². The number of amides is 1. The fraction of sp³-hybridized carbons (Fsp3) is 0.533. The van der Waals surface area contributed by atoms with Crippen molar-refractivity contribution in [2.75, 3.05) is 31.5 Å². The Morgan fingerprint density at radius 1 is 1.50 bits per heavy atom. The maximum atomic E-state index is 13.0. The lowest BCUT2D eigenvalue weighted by Crippen LogP contribution is -2.40. The van der Waals surface area contributed by atoms with E-state index in [4.69, 9.17) is 0 Å². The van der Waals surface area contributed by atoms with Crippen molar-refractivity contribution in [1.29, 1.82) is 0 Å².